The standard InChI is InChI=1S/C8H8F4N2OS/c1-3-15-7(16)4-5(8(10,11)12)13-14(2)6(4)9/h3H2,1-2H3. The number of hydrogen-bond acceptors (Lipinski definition) is 3. The average molecular weight is 256 g/mol. The Morgan fingerprint density at radius 1 is 1.50 bits per heavy atom. The fourth-order valence-electron chi connectivity index (χ4n) is 1.09. The minimum absolute atomic E-state index is 0.0600. The number of aryl methyl sites for hydroxylation is 1. The van der Waals surface area contributed by atoms with Gasteiger partial charge in [-0.2, -0.15) is 22.7 Å². The van der Waals surface area contributed by atoms with Crippen LogP contribution >= 0.6 is 12.2 Å². The van der Waals surface area contributed by atoms with Gasteiger partial charge in [-0.25, -0.2) is 4.68 Å². The Labute approximate surface area is 94.0 Å². The lowest BCUT2D eigenvalue weighted by Gasteiger charge is -2.07. The molecule has 0 aliphatic carbocycles. The number of halogens is 4. The molecule has 0 saturated heterocycles. The second kappa shape index (κ2) is 4.36. The molecule has 0 bridgehead atoms. The molecule has 1 rings (SSSR count). The summed E-state index contributed by atoms with van der Waals surface area (Å²) in [5.74, 6) is -1.16. The molecule has 0 radical (unpaired) electrons. The molecule has 0 atom stereocenters. The number of hydrogen-bond donors (Lipinski definition) is 0. The molecule has 0 saturated carbocycles. The molecule has 1 aromatic heterocycles. The fraction of sp³-hybridized carbons (Fsp3) is 0.500. The van der Waals surface area contributed by atoms with Crippen LogP contribution in [0.5, 0.6) is 0 Å². The van der Waals surface area contributed by atoms with Crippen molar-refractivity contribution >= 4 is 17.3 Å². The van der Waals surface area contributed by atoms with Gasteiger partial charge in [0, 0.05) is 7.05 Å². The number of rotatable bonds is 2. The van der Waals surface area contributed by atoms with E-state index in [0.29, 0.717) is 4.68 Å². The molecule has 1 aromatic rings. The molecular weight excluding hydrogens is 248 g/mol. The van der Waals surface area contributed by atoms with Crippen molar-refractivity contribution in [3.8, 4) is 0 Å². The van der Waals surface area contributed by atoms with Crippen molar-refractivity contribution in [3.63, 3.8) is 0 Å². The minimum Gasteiger partial charge on any atom is -0.483 e. The Bertz CT molecular complexity index is 413. The van der Waals surface area contributed by atoms with Crippen LogP contribution in [0.3, 0.4) is 0 Å². The van der Waals surface area contributed by atoms with Gasteiger partial charge < -0.3 is 4.74 Å². The second-order valence-electron chi connectivity index (χ2n) is 2.86. The van der Waals surface area contributed by atoms with Gasteiger partial charge in [-0.1, -0.05) is 0 Å². The number of alkyl halides is 3. The van der Waals surface area contributed by atoms with Crippen LogP contribution in [0.1, 0.15) is 18.2 Å². The van der Waals surface area contributed by atoms with E-state index in [-0.39, 0.29) is 6.61 Å². The predicted octanol–water partition coefficient (Wildman–Crippen LogP) is 2.29. The maximum atomic E-state index is 13.4. The number of nitrogens with zero attached hydrogens (tertiary/aromatic N) is 2. The monoisotopic (exact) mass is 256 g/mol. The highest BCUT2D eigenvalue weighted by Crippen LogP contribution is 2.32. The highest BCUT2D eigenvalue weighted by molar-refractivity contribution is 7.80. The highest BCUT2D eigenvalue weighted by Gasteiger charge is 2.40. The minimum atomic E-state index is -4.77. The molecular formula is C8H8F4N2OS. The number of aromatic nitrogens is 2. The summed E-state index contributed by atoms with van der Waals surface area (Å²) in [5.41, 5.74) is -2.18. The molecule has 16 heavy (non-hydrogen) atoms. The van der Waals surface area contributed by atoms with E-state index in [9.17, 15) is 17.6 Å². The molecule has 0 N–H and O–H groups in total. The van der Waals surface area contributed by atoms with Gasteiger partial charge >= 0.3 is 6.18 Å². The summed E-state index contributed by atoms with van der Waals surface area (Å²) in [7, 11) is 1.06. The van der Waals surface area contributed by atoms with Crippen LogP contribution in [-0.2, 0) is 18.0 Å². The fourth-order valence-corrected chi connectivity index (χ4v) is 1.38. The Balaban J connectivity index is 3.30. The lowest BCUT2D eigenvalue weighted by atomic mass is 10.2. The summed E-state index contributed by atoms with van der Waals surface area (Å²) in [4.78, 5) is 0. The maximum absolute atomic E-state index is 13.4. The molecule has 0 unspecified atom stereocenters. The van der Waals surface area contributed by atoms with Crippen LogP contribution < -0.4 is 0 Å². The van der Waals surface area contributed by atoms with Crippen LogP contribution in [0.4, 0.5) is 17.6 Å². The third kappa shape index (κ3) is 2.31. The third-order valence-corrected chi connectivity index (χ3v) is 2.05. The largest absolute Gasteiger partial charge is 0.483 e. The topological polar surface area (TPSA) is 27.1 Å². The zero-order chi connectivity index (χ0) is 12.5. The van der Waals surface area contributed by atoms with Gasteiger partial charge in [0.15, 0.2) is 10.7 Å². The number of thiocarbonyl (C=S) groups is 1. The molecule has 0 aliphatic heterocycles. The molecule has 0 amide bonds. The van der Waals surface area contributed by atoms with Gasteiger partial charge in [0.1, 0.15) is 5.56 Å². The van der Waals surface area contributed by atoms with Crippen molar-refractivity contribution in [1.82, 2.24) is 9.78 Å². The average Bonchev–Trinajstić information content (AvgIpc) is 2.43. The lowest BCUT2D eigenvalue weighted by Crippen LogP contribution is -2.14. The highest BCUT2D eigenvalue weighted by atomic mass is 32.1. The molecule has 8 heteroatoms. The Morgan fingerprint density at radius 2 is 2.06 bits per heavy atom. The van der Waals surface area contributed by atoms with Crippen molar-refractivity contribution in [1.29, 1.82) is 0 Å². The predicted molar refractivity (Wildman–Crippen MR) is 51.5 cm³/mol. The van der Waals surface area contributed by atoms with E-state index in [0.717, 1.165) is 7.05 Å². The molecule has 0 aliphatic rings. The van der Waals surface area contributed by atoms with Gasteiger partial charge in [0.2, 0.25) is 5.95 Å². The van der Waals surface area contributed by atoms with Crippen LogP contribution in [0, 0.1) is 5.95 Å². The summed E-state index contributed by atoms with van der Waals surface area (Å²) in [6.45, 7) is 1.60. The van der Waals surface area contributed by atoms with Gasteiger partial charge in [-0.05, 0) is 19.1 Å². The quantitative estimate of drug-likeness (QED) is 0.600. The van der Waals surface area contributed by atoms with Crippen molar-refractivity contribution in [2.24, 2.45) is 7.05 Å². The lowest BCUT2D eigenvalue weighted by molar-refractivity contribution is -0.141. The zero-order valence-corrected chi connectivity index (χ0v) is 9.25. The van der Waals surface area contributed by atoms with E-state index in [4.69, 9.17) is 4.74 Å². The molecule has 0 aromatic carbocycles. The van der Waals surface area contributed by atoms with Crippen LogP contribution in [-0.4, -0.2) is 21.4 Å². The molecule has 0 fully saturated rings. The maximum Gasteiger partial charge on any atom is 0.436 e. The molecule has 3 nitrogen and oxygen atoms in total. The van der Waals surface area contributed by atoms with Crippen molar-refractivity contribution in [3.05, 3.63) is 17.2 Å². The Morgan fingerprint density at radius 3 is 2.50 bits per heavy atom. The smallest absolute Gasteiger partial charge is 0.436 e. The van der Waals surface area contributed by atoms with E-state index in [1.807, 2.05) is 0 Å². The SMILES string of the molecule is CCOC(=S)c1c(C(F)(F)F)nn(C)c1F. The summed E-state index contributed by atoms with van der Waals surface area (Å²) >= 11 is 4.56. The first-order valence-corrected chi connectivity index (χ1v) is 4.66. The summed E-state index contributed by atoms with van der Waals surface area (Å²) in [6.07, 6.45) is -4.77. The van der Waals surface area contributed by atoms with Crippen molar-refractivity contribution in [2.45, 2.75) is 13.1 Å². The van der Waals surface area contributed by atoms with Crippen LogP contribution in [0.2, 0.25) is 0 Å². The summed E-state index contributed by atoms with van der Waals surface area (Å²) in [5, 5.41) is 2.49. The molecule has 0 spiro atoms. The normalized spacial score (nSPS) is 11.6. The first-order valence-electron chi connectivity index (χ1n) is 4.25. The summed E-state index contributed by atoms with van der Waals surface area (Å²) < 4.78 is 56.0. The van der Waals surface area contributed by atoms with Crippen molar-refractivity contribution in [2.75, 3.05) is 6.61 Å². The van der Waals surface area contributed by atoms with Crippen LogP contribution in [0.25, 0.3) is 0 Å². The Hall–Kier alpha value is -1.18. The van der Waals surface area contributed by atoms with Gasteiger partial charge in [0.25, 0.3) is 0 Å². The van der Waals surface area contributed by atoms with Crippen LogP contribution in [0.15, 0.2) is 0 Å². The third-order valence-electron chi connectivity index (χ3n) is 1.73. The van der Waals surface area contributed by atoms with E-state index in [2.05, 4.69) is 17.3 Å². The number of ether oxygens (including phenoxy) is 1. The van der Waals surface area contributed by atoms with Gasteiger partial charge in [-0.3, -0.25) is 0 Å². The first-order chi connectivity index (χ1) is 7.29. The zero-order valence-electron chi connectivity index (χ0n) is 8.43. The van der Waals surface area contributed by atoms with Gasteiger partial charge in [-0.15, -0.1) is 0 Å². The molecule has 1 heterocycles. The first kappa shape index (κ1) is 12.9. The van der Waals surface area contributed by atoms with E-state index in [1.165, 1.54) is 6.92 Å². The second-order valence-corrected chi connectivity index (χ2v) is 3.23. The van der Waals surface area contributed by atoms with E-state index < -0.39 is 28.4 Å². The van der Waals surface area contributed by atoms with Crippen molar-refractivity contribution < 1.29 is 22.3 Å². The van der Waals surface area contributed by atoms with E-state index in [1.54, 1.807) is 0 Å². The van der Waals surface area contributed by atoms with E-state index >= 15 is 0 Å². The Kier molecular flexibility index (Phi) is 3.51. The molecule has 90 valence electrons. The summed E-state index contributed by atoms with van der Waals surface area (Å²) in [6, 6.07) is 0. The van der Waals surface area contributed by atoms with Gasteiger partial charge in [0.05, 0.1) is 6.61 Å².